The maximum Gasteiger partial charge on any atom is 0.279 e. The zero-order valence-corrected chi connectivity index (χ0v) is 14.1. The molecule has 1 heterocycles. The highest BCUT2D eigenvalue weighted by molar-refractivity contribution is 7.87. The van der Waals surface area contributed by atoms with Crippen molar-refractivity contribution < 1.29 is 8.42 Å². The summed E-state index contributed by atoms with van der Waals surface area (Å²) < 4.78 is 29.7. The van der Waals surface area contributed by atoms with Crippen molar-refractivity contribution in [3.8, 4) is 0 Å². The van der Waals surface area contributed by atoms with E-state index in [0.29, 0.717) is 19.0 Å². The summed E-state index contributed by atoms with van der Waals surface area (Å²) in [6, 6.07) is 0.117. The summed E-state index contributed by atoms with van der Waals surface area (Å²) in [6.45, 7) is 5.15. The summed E-state index contributed by atoms with van der Waals surface area (Å²) in [7, 11) is -3.31. The Kier molecular flexibility index (Phi) is 6.92. The molecular weight excluding hydrogens is 286 g/mol. The fraction of sp³-hybridized carbons (Fsp3) is 1.00. The summed E-state index contributed by atoms with van der Waals surface area (Å²) in [6.07, 6.45) is 9.01. The summed E-state index contributed by atoms with van der Waals surface area (Å²) in [5, 5.41) is 3.37. The van der Waals surface area contributed by atoms with Crippen molar-refractivity contribution in [1.29, 1.82) is 0 Å². The lowest BCUT2D eigenvalue weighted by Gasteiger charge is -2.35. The summed E-state index contributed by atoms with van der Waals surface area (Å²) >= 11 is 0. The van der Waals surface area contributed by atoms with Gasteiger partial charge in [-0.05, 0) is 44.6 Å². The topological polar surface area (TPSA) is 61.4 Å². The molecule has 2 aliphatic rings. The summed E-state index contributed by atoms with van der Waals surface area (Å²) in [5.41, 5.74) is 0. The second-order valence-corrected chi connectivity index (χ2v) is 8.18. The third-order valence-electron chi connectivity index (χ3n) is 4.72. The van der Waals surface area contributed by atoms with Gasteiger partial charge in [-0.2, -0.15) is 12.7 Å². The van der Waals surface area contributed by atoms with Gasteiger partial charge >= 0.3 is 0 Å². The van der Waals surface area contributed by atoms with Gasteiger partial charge in [0.1, 0.15) is 0 Å². The predicted octanol–water partition coefficient (Wildman–Crippen LogP) is 1.87. The lowest BCUT2D eigenvalue weighted by Crippen LogP contribution is -2.53. The Morgan fingerprint density at radius 1 is 1.05 bits per heavy atom. The summed E-state index contributed by atoms with van der Waals surface area (Å²) in [5.74, 6) is 0.543. The monoisotopic (exact) mass is 317 g/mol. The molecule has 1 aliphatic carbocycles. The largest absolute Gasteiger partial charge is 0.315 e. The molecule has 0 radical (unpaired) electrons. The molecule has 1 unspecified atom stereocenters. The van der Waals surface area contributed by atoms with Crippen LogP contribution in [0.25, 0.3) is 0 Å². The van der Waals surface area contributed by atoms with Gasteiger partial charge in [0.15, 0.2) is 0 Å². The molecule has 1 atom stereocenters. The SMILES string of the molecule is CCCNCC1CCCCN1S(=O)(=O)NCC1CCCC1. The zero-order valence-electron chi connectivity index (χ0n) is 13.3. The molecule has 1 saturated carbocycles. The van der Waals surface area contributed by atoms with Crippen molar-refractivity contribution in [3.63, 3.8) is 0 Å². The maximum absolute atomic E-state index is 12.6. The van der Waals surface area contributed by atoms with E-state index in [1.807, 2.05) is 0 Å². The molecular formula is C15H31N3O2S. The van der Waals surface area contributed by atoms with Gasteiger partial charge in [-0.25, -0.2) is 4.72 Å². The van der Waals surface area contributed by atoms with E-state index in [1.54, 1.807) is 4.31 Å². The molecule has 0 aromatic carbocycles. The van der Waals surface area contributed by atoms with Gasteiger partial charge in [0.2, 0.25) is 0 Å². The second-order valence-electron chi connectivity index (χ2n) is 6.47. The third-order valence-corrected chi connectivity index (χ3v) is 6.35. The lowest BCUT2D eigenvalue weighted by molar-refractivity contribution is 0.242. The number of piperidine rings is 1. The van der Waals surface area contributed by atoms with Crippen LogP contribution in [0.2, 0.25) is 0 Å². The van der Waals surface area contributed by atoms with E-state index in [0.717, 1.165) is 38.8 Å². The first-order valence-corrected chi connectivity index (χ1v) is 10.0. The second kappa shape index (κ2) is 8.46. The van der Waals surface area contributed by atoms with Gasteiger partial charge in [0.05, 0.1) is 0 Å². The molecule has 0 spiro atoms. The highest BCUT2D eigenvalue weighted by Crippen LogP contribution is 2.25. The molecule has 2 fully saturated rings. The molecule has 124 valence electrons. The van der Waals surface area contributed by atoms with Crippen LogP contribution in [0, 0.1) is 5.92 Å². The van der Waals surface area contributed by atoms with E-state index in [2.05, 4.69) is 17.0 Å². The van der Waals surface area contributed by atoms with E-state index >= 15 is 0 Å². The smallest absolute Gasteiger partial charge is 0.279 e. The van der Waals surface area contributed by atoms with Gasteiger partial charge in [0, 0.05) is 25.7 Å². The fourth-order valence-electron chi connectivity index (χ4n) is 3.46. The van der Waals surface area contributed by atoms with Crippen LogP contribution in [0.1, 0.15) is 58.3 Å². The lowest BCUT2D eigenvalue weighted by atomic mass is 10.1. The highest BCUT2D eigenvalue weighted by Gasteiger charge is 2.32. The minimum Gasteiger partial charge on any atom is -0.315 e. The number of nitrogens with zero attached hydrogens (tertiary/aromatic N) is 1. The Balaban J connectivity index is 1.87. The van der Waals surface area contributed by atoms with Crippen LogP contribution >= 0.6 is 0 Å². The van der Waals surface area contributed by atoms with Crippen LogP contribution in [0.5, 0.6) is 0 Å². The molecule has 0 amide bonds. The van der Waals surface area contributed by atoms with Crippen LogP contribution in [0.3, 0.4) is 0 Å². The standard InChI is InChI=1S/C15H31N3O2S/c1-2-10-16-13-15-9-5-6-11-18(15)21(19,20)17-12-14-7-3-4-8-14/h14-17H,2-13H2,1H3. The van der Waals surface area contributed by atoms with Crippen molar-refractivity contribution in [2.75, 3.05) is 26.2 Å². The molecule has 6 heteroatoms. The Morgan fingerprint density at radius 3 is 2.48 bits per heavy atom. The van der Waals surface area contributed by atoms with Crippen molar-refractivity contribution in [2.24, 2.45) is 5.92 Å². The molecule has 0 aromatic rings. The van der Waals surface area contributed by atoms with Gasteiger partial charge in [-0.3, -0.25) is 0 Å². The number of nitrogens with one attached hydrogen (secondary N) is 2. The van der Waals surface area contributed by atoms with Gasteiger partial charge in [-0.1, -0.05) is 26.2 Å². The average molecular weight is 317 g/mol. The number of hydrogen-bond acceptors (Lipinski definition) is 3. The first kappa shape index (κ1) is 17.2. The molecule has 0 aromatic heterocycles. The van der Waals surface area contributed by atoms with E-state index in [-0.39, 0.29) is 6.04 Å². The van der Waals surface area contributed by atoms with Gasteiger partial charge in [0.25, 0.3) is 10.2 Å². The highest BCUT2D eigenvalue weighted by atomic mass is 32.2. The molecule has 1 aliphatic heterocycles. The van der Waals surface area contributed by atoms with Crippen LogP contribution in [0.4, 0.5) is 0 Å². The van der Waals surface area contributed by atoms with Crippen LogP contribution < -0.4 is 10.0 Å². The Morgan fingerprint density at radius 2 is 1.76 bits per heavy atom. The van der Waals surface area contributed by atoms with Crippen LogP contribution in [0.15, 0.2) is 0 Å². The first-order chi connectivity index (χ1) is 10.1. The quantitative estimate of drug-likeness (QED) is 0.672. The van der Waals surface area contributed by atoms with Crippen molar-refractivity contribution in [2.45, 2.75) is 64.3 Å². The van der Waals surface area contributed by atoms with E-state index in [1.165, 1.54) is 25.7 Å². The normalized spacial score (nSPS) is 25.5. The van der Waals surface area contributed by atoms with Crippen molar-refractivity contribution >= 4 is 10.2 Å². The fourth-order valence-corrected chi connectivity index (χ4v) is 5.01. The van der Waals surface area contributed by atoms with Crippen molar-refractivity contribution in [1.82, 2.24) is 14.3 Å². The predicted molar refractivity (Wildman–Crippen MR) is 86.4 cm³/mol. The first-order valence-electron chi connectivity index (χ1n) is 8.60. The van der Waals surface area contributed by atoms with E-state index in [9.17, 15) is 8.42 Å². The third kappa shape index (κ3) is 5.20. The van der Waals surface area contributed by atoms with Crippen LogP contribution in [-0.4, -0.2) is 44.9 Å². The molecule has 5 nitrogen and oxygen atoms in total. The van der Waals surface area contributed by atoms with Gasteiger partial charge in [-0.15, -0.1) is 0 Å². The minimum atomic E-state index is -3.31. The molecule has 1 saturated heterocycles. The molecule has 0 bridgehead atoms. The van der Waals surface area contributed by atoms with Crippen molar-refractivity contribution in [3.05, 3.63) is 0 Å². The zero-order chi connectivity index (χ0) is 15.1. The van der Waals surface area contributed by atoms with E-state index in [4.69, 9.17) is 0 Å². The Hall–Kier alpha value is -0.170. The molecule has 2 N–H and O–H groups in total. The average Bonchev–Trinajstić information content (AvgIpc) is 2.99. The number of rotatable bonds is 8. The maximum atomic E-state index is 12.6. The van der Waals surface area contributed by atoms with Gasteiger partial charge < -0.3 is 5.32 Å². The summed E-state index contributed by atoms with van der Waals surface area (Å²) in [4.78, 5) is 0. The Labute approximate surface area is 130 Å². The van der Waals surface area contributed by atoms with Crippen LogP contribution in [-0.2, 0) is 10.2 Å². The minimum absolute atomic E-state index is 0.117. The molecule has 2 rings (SSSR count). The molecule has 21 heavy (non-hydrogen) atoms. The van der Waals surface area contributed by atoms with E-state index < -0.39 is 10.2 Å². The number of hydrogen-bond donors (Lipinski definition) is 2. The Bertz CT molecular complexity index is 394.